The monoisotopic (exact) mass is 477 g/mol. The van der Waals surface area contributed by atoms with Gasteiger partial charge in [-0.05, 0) is 42.0 Å². The summed E-state index contributed by atoms with van der Waals surface area (Å²) in [5, 5.41) is 10.7. The maximum Gasteiger partial charge on any atom is 0.333 e. The smallest absolute Gasteiger partial charge is 0.333 e. The second-order valence-electron chi connectivity index (χ2n) is 6.21. The third kappa shape index (κ3) is 4.68. The van der Waals surface area contributed by atoms with Gasteiger partial charge in [-0.15, -0.1) is 11.8 Å². The molecule has 150 valence electrons. The van der Waals surface area contributed by atoms with Gasteiger partial charge in [-0.3, -0.25) is 13.9 Å². The topological polar surface area (TPSA) is 76.6 Å². The van der Waals surface area contributed by atoms with E-state index in [1.54, 1.807) is 0 Å². The zero-order valence-electron chi connectivity index (χ0n) is 15.6. The first-order valence-electron chi connectivity index (χ1n) is 8.48. The van der Waals surface area contributed by atoms with E-state index in [0.29, 0.717) is 11.4 Å². The van der Waals surface area contributed by atoms with Crippen LogP contribution in [0.5, 0.6) is 5.88 Å². The van der Waals surface area contributed by atoms with Gasteiger partial charge in [-0.1, -0.05) is 28.1 Å². The molecule has 0 fully saturated rings. The number of benzene rings is 2. The molecule has 2 aromatic carbocycles. The van der Waals surface area contributed by atoms with Crippen molar-refractivity contribution in [2.75, 3.05) is 0 Å². The van der Waals surface area contributed by atoms with Crippen LogP contribution in [0.1, 0.15) is 11.1 Å². The summed E-state index contributed by atoms with van der Waals surface area (Å²) in [4.78, 5) is 29.2. The summed E-state index contributed by atoms with van der Waals surface area (Å²) < 4.78 is 16.1. The van der Waals surface area contributed by atoms with E-state index >= 15 is 0 Å². The Morgan fingerprint density at radius 1 is 1.07 bits per heavy atom. The predicted octanol–water partition coefficient (Wildman–Crippen LogP) is 3.70. The number of nitrogens with zero attached hydrogens (tertiary/aromatic N) is 3. The molecule has 0 radical (unpaired) electrons. The summed E-state index contributed by atoms with van der Waals surface area (Å²) in [7, 11) is 2.71. The van der Waals surface area contributed by atoms with Gasteiger partial charge in [0.25, 0.3) is 5.56 Å². The first-order chi connectivity index (χ1) is 13.8. The Bertz CT molecular complexity index is 1190. The molecule has 9 heteroatoms. The van der Waals surface area contributed by atoms with Crippen molar-refractivity contribution in [3.8, 4) is 5.88 Å². The first-order valence-corrected chi connectivity index (χ1v) is 10.3. The lowest BCUT2D eigenvalue weighted by Crippen LogP contribution is -2.39. The SMILES string of the molecule is Cn1c(O)c(C(=Nc2ccc(F)cc2)SCc2ccc(Br)cc2)c(=O)n(C)c1=O. The van der Waals surface area contributed by atoms with E-state index in [4.69, 9.17) is 0 Å². The molecular formula is C20H17BrFN3O3S. The molecule has 0 unspecified atom stereocenters. The molecule has 1 heterocycles. The van der Waals surface area contributed by atoms with Crippen LogP contribution < -0.4 is 11.2 Å². The van der Waals surface area contributed by atoms with Gasteiger partial charge in [-0.2, -0.15) is 0 Å². The van der Waals surface area contributed by atoms with Crippen molar-refractivity contribution in [1.29, 1.82) is 0 Å². The quantitative estimate of drug-likeness (QED) is 0.459. The average Bonchev–Trinajstić information content (AvgIpc) is 2.71. The van der Waals surface area contributed by atoms with Crippen LogP contribution in [0.15, 0.2) is 67.6 Å². The fourth-order valence-corrected chi connectivity index (χ4v) is 3.80. The van der Waals surface area contributed by atoms with Gasteiger partial charge in [0.2, 0.25) is 5.88 Å². The second kappa shape index (κ2) is 8.79. The molecule has 0 aliphatic heterocycles. The fourth-order valence-electron chi connectivity index (χ4n) is 2.55. The van der Waals surface area contributed by atoms with Crippen molar-refractivity contribution in [2.24, 2.45) is 19.1 Å². The van der Waals surface area contributed by atoms with E-state index in [2.05, 4.69) is 20.9 Å². The molecule has 6 nitrogen and oxygen atoms in total. The molecule has 29 heavy (non-hydrogen) atoms. The number of rotatable bonds is 4. The molecule has 0 atom stereocenters. The van der Waals surface area contributed by atoms with Crippen molar-refractivity contribution >= 4 is 38.4 Å². The van der Waals surface area contributed by atoms with E-state index in [-0.39, 0.29) is 10.6 Å². The van der Waals surface area contributed by atoms with Crippen molar-refractivity contribution in [2.45, 2.75) is 5.75 Å². The number of aromatic hydroxyl groups is 1. The Morgan fingerprint density at radius 3 is 2.31 bits per heavy atom. The highest BCUT2D eigenvalue weighted by atomic mass is 79.9. The highest BCUT2D eigenvalue weighted by Crippen LogP contribution is 2.26. The van der Waals surface area contributed by atoms with Crippen LogP contribution in [0.3, 0.4) is 0 Å². The number of hydrogen-bond acceptors (Lipinski definition) is 5. The van der Waals surface area contributed by atoms with Crippen LogP contribution in [0.4, 0.5) is 10.1 Å². The number of aliphatic imine (C=N–C) groups is 1. The summed E-state index contributed by atoms with van der Waals surface area (Å²) in [5.74, 6) is -0.408. The maximum atomic E-state index is 13.2. The lowest BCUT2D eigenvalue weighted by atomic mass is 10.2. The summed E-state index contributed by atoms with van der Waals surface area (Å²) in [5.41, 5.74) is 0.0113. The van der Waals surface area contributed by atoms with Crippen molar-refractivity contribution in [1.82, 2.24) is 9.13 Å². The molecule has 0 aliphatic carbocycles. The van der Waals surface area contributed by atoms with E-state index in [9.17, 15) is 19.1 Å². The molecule has 3 rings (SSSR count). The Balaban J connectivity index is 2.10. The van der Waals surface area contributed by atoms with Gasteiger partial charge >= 0.3 is 5.69 Å². The highest BCUT2D eigenvalue weighted by molar-refractivity contribution is 9.10. The molecule has 0 amide bonds. The minimum Gasteiger partial charge on any atom is -0.494 e. The van der Waals surface area contributed by atoms with E-state index in [1.807, 2.05) is 24.3 Å². The maximum absolute atomic E-state index is 13.2. The summed E-state index contributed by atoms with van der Waals surface area (Å²) in [6.45, 7) is 0. The van der Waals surface area contributed by atoms with Crippen molar-refractivity contribution < 1.29 is 9.50 Å². The van der Waals surface area contributed by atoms with Crippen LogP contribution in [-0.2, 0) is 19.8 Å². The molecule has 1 N–H and O–H groups in total. The summed E-state index contributed by atoms with van der Waals surface area (Å²) in [6.07, 6.45) is 0. The zero-order chi connectivity index (χ0) is 21.1. The molecule has 0 saturated carbocycles. The zero-order valence-corrected chi connectivity index (χ0v) is 18.0. The van der Waals surface area contributed by atoms with E-state index in [0.717, 1.165) is 19.2 Å². The lowest BCUT2D eigenvalue weighted by Gasteiger charge is -2.12. The van der Waals surface area contributed by atoms with Gasteiger partial charge in [-0.25, -0.2) is 14.2 Å². The van der Waals surface area contributed by atoms with Gasteiger partial charge < -0.3 is 5.11 Å². The van der Waals surface area contributed by atoms with Gasteiger partial charge in [0, 0.05) is 24.3 Å². The molecule has 0 aliphatic rings. The molecule has 0 bridgehead atoms. The highest BCUT2D eigenvalue weighted by Gasteiger charge is 2.21. The lowest BCUT2D eigenvalue weighted by molar-refractivity contribution is 0.410. The van der Waals surface area contributed by atoms with E-state index in [1.165, 1.54) is 50.1 Å². The molecule has 0 spiro atoms. The van der Waals surface area contributed by atoms with Crippen LogP contribution in [0, 0.1) is 5.82 Å². The van der Waals surface area contributed by atoms with E-state index < -0.39 is 22.9 Å². The number of thioether (sulfide) groups is 1. The standard InChI is InChI=1S/C20H17BrFN3O3S/c1-24-18(26)16(19(27)25(2)20(24)28)17(23-15-9-7-14(22)8-10-15)29-11-12-3-5-13(21)6-4-12/h3-10,26H,11H2,1-2H3. The minimum atomic E-state index is -0.658. The average molecular weight is 478 g/mol. The second-order valence-corrected chi connectivity index (χ2v) is 8.09. The van der Waals surface area contributed by atoms with Crippen LogP contribution >= 0.6 is 27.7 Å². The molecule has 3 aromatic rings. The largest absolute Gasteiger partial charge is 0.494 e. The normalized spacial score (nSPS) is 11.7. The molecule has 1 aromatic heterocycles. The Labute approximate surface area is 178 Å². The molecule has 0 saturated heterocycles. The van der Waals surface area contributed by atoms with Gasteiger partial charge in [0.05, 0.1) is 5.69 Å². The third-order valence-electron chi connectivity index (χ3n) is 4.19. The van der Waals surface area contributed by atoms with Crippen molar-refractivity contribution in [3.63, 3.8) is 0 Å². The van der Waals surface area contributed by atoms with Gasteiger partial charge in [0.15, 0.2) is 0 Å². The number of hydrogen-bond donors (Lipinski definition) is 1. The first kappa shape index (κ1) is 21.1. The van der Waals surface area contributed by atoms with Gasteiger partial charge in [0.1, 0.15) is 16.4 Å². The van der Waals surface area contributed by atoms with Crippen LogP contribution in [0.2, 0.25) is 0 Å². The number of halogens is 2. The fraction of sp³-hybridized carbons (Fsp3) is 0.150. The van der Waals surface area contributed by atoms with Crippen LogP contribution in [0.25, 0.3) is 0 Å². The third-order valence-corrected chi connectivity index (χ3v) is 5.77. The van der Waals surface area contributed by atoms with Crippen molar-refractivity contribution in [3.05, 3.63) is 90.8 Å². The molecular weight excluding hydrogens is 461 g/mol. The Morgan fingerprint density at radius 2 is 1.69 bits per heavy atom. The minimum absolute atomic E-state index is 0.0824. The summed E-state index contributed by atoms with van der Waals surface area (Å²) >= 11 is 4.62. The summed E-state index contributed by atoms with van der Waals surface area (Å²) in [6, 6.07) is 13.1. The Hall–Kier alpha value is -2.65. The van der Waals surface area contributed by atoms with Crippen LogP contribution in [-0.4, -0.2) is 19.3 Å². The Kier molecular flexibility index (Phi) is 6.39. The number of aromatic nitrogens is 2. The predicted molar refractivity (Wildman–Crippen MR) is 117 cm³/mol.